The highest BCUT2D eigenvalue weighted by Gasteiger charge is 2.33. The van der Waals surface area contributed by atoms with Crippen LogP contribution >= 0.6 is 0 Å². The van der Waals surface area contributed by atoms with E-state index in [4.69, 9.17) is 25.4 Å². The summed E-state index contributed by atoms with van der Waals surface area (Å²) in [4.78, 5) is 14.0. The summed E-state index contributed by atoms with van der Waals surface area (Å²) < 4.78 is 22.7. The Labute approximate surface area is 173 Å². The van der Waals surface area contributed by atoms with Crippen molar-refractivity contribution < 1.29 is 23.7 Å². The molecular formula is C23H31NO5. The first-order chi connectivity index (χ1) is 14.0. The molecule has 2 aliphatic rings. The number of fused-ring (bicyclic) bond motifs is 1. The zero-order chi connectivity index (χ0) is 20.7. The smallest absolute Gasteiger partial charge is 0.410 e. The lowest BCUT2D eigenvalue weighted by Gasteiger charge is -2.32. The predicted molar refractivity (Wildman–Crippen MR) is 109 cm³/mol. The number of benzene rings is 1. The first-order valence-electron chi connectivity index (χ1n) is 10.4. The van der Waals surface area contributed by atoms with Gasteiger partial charge in [0.25, 0.3) is 0 Å². The Morgan fingerprint density at radius 3 is 2.83 bits per heavy atom. The normalized spacial score (nSPS) is 20.0. The van der Waals surface area contributed by atoms with Crippen LogP contribution in [0.5, 0.6) is 5.75 Å². The van der Waals surface area contributed by atoms with Crippen molar-refractivity contribution in [2.24, 2.45) is 0 Å². The number of ether oxygens (including phenoxy) is 4. The Morgan fingerprint density at radius 2 is 2.03 bits per heavy atom. The van der Waals surface area contributed by atoms with Crippen LogP contribution in [0.25, 0.3) is 0 Å². The van der Waals surface area contributed by atoms with Crippen molar-refractivity contribution in [2.75, 3.05) is 26.3 Å². The number of carbonyl (C=O) groups is 1. The number of hydrogen-bond donors (Lipinski definition) is 0. The quantitative estimate of drug-likeness (QED) is 0.429. The molecule has 29 heavy (non-hydrogen) atoms. The molecule has 2 heterocycles. The molecule has 1 fully saturated rings. The molecule has 0 saturated carbocycles. The lowest BCUT2D eigenvalue weighted by Crippen LogP contribution is -2.35. The second kappa shape index (κ2) is 10.00. The molecule has 0 bridgehead atoms. The first-order valence-corrected chi connectivity index (χ1v) is 10.4. The van der Waals surface area contributed by atoms with E-state index in [1.807, 2.05) is 32.0 Å². The Bertz CT molecular complexity index is 739. The first kappa shape index (κ1) is 21.5. The summed E-state index contributed by atoms with van der Waals surface area (Å²) in [5, 5.41) is 0. The van der Waals surface area contributed by atoms with Gasteiger partial charge < -0.3 is 23.8 Å². The summed E-state index contributed by atoms with van der Waals surface area (Å²) >= 11 is 0. The van der Waals surface area contributed by atoms with Crippen LogP contribution in [-0.4, -0.2) is 43.1 Å². The van der Waals surface area contributed by atoms with E-state index in [0.29, 0.717) is 26.3 Å². The minimum Gasteiger partial charge on any atom is -0.463 e. The SMILES string of the molecule is C#CCCCCOCCCCN1C[C@@H](c2ccc3c(c2)COC(C)(C)O3)OC1=O. The lowest BCUT2D eigenvalue weighted by atomic mass is 10.0. The van der Waals surface area contributed by atoms with Crippen LogP contribution in [0.4, 0.5) is 4.79 Å². The van der Waals surface area contributed by atoms with E-state index >= 15 is 0 Å². The van der Waals surface area contributed by atoms with Gasteiger partial charge in [0.15, 0.2) is 0 Å². The monoisotopic (exact) mass is 401 g/mol. The number of terminal acetylenes is 1. The average molecular weight is 402 g/mol. The summed E-state index contributed by atoms with van der Waals surface area (Å²) in [7, 11) is 0. The molecule has 3 rings (SSSR count). The fraction of sp³-hybridized carbons (Fsp3) is 0.609. The van der Waals surface area contributed by atoms with Gasteiger partial charge in [-0.3, -0.25) is 0 Å². The number of unbranched alkanes of at least 4 members (excludes halogenated alkanes) is 3. The molecule has 1 aromatic carbocycles. The number of amides is 1. The van der Waals surface area contributed by atoms with Crippen molar-refractivity contribution >= 4 is 6.09 Å². The van der Waals surface area contributed by atoms with E-state index in [0.717, 1.165) is 55.6 Å². The molecule has 1 aromatic rings. The van der Waals surface area contributed by atoms with Gasteiger partial charge in [-0.05, 0) is 43.4 Å². The molecule has 6 nitrogen and oxygen atoms in total. The van der Waals surface area contributed by atoms with Crippen LogP contribution in [-0.2, 0) is 20.8 Å². The number of nitrogens with zero attached hydrogens (tertiary/aromatic N) is 1. The number of cyclic esters (lactones) is 1. The summed E-state index contributed by atoms with van der Waals surface area (Å²) in [5.41, 5.74) is 1.96. The van der Waals surface area contributed by atoms with E-state index in [2.05, 4.69) is 5.92 Å². The van der Waals surface area contributed by atoms with E-state index in [1.54, 1.807) is 4.90 Å². The van der Waals surface area contributed by atoms with Gasteiger partial charge in [-0.15, -0.1) is 12.3 Å². The highest BCUT2D eigenvalue weighted by Crippen LogP contribution is 2.35. The predicted octanol–water partition coefficient (Wildman–Crippen LogP) is 4.43. The molecule has 0 aliphatic carbocycles. The summed E-state index contributed by atoms with van der Waals surface area (Å²) in [5.74, 6) is 2.84. The van der Waals surface area contributed by atoms with Gasteiger partial charge in [0.05, 0.1) is 13.2 Å². The van der Waals surface area contributed by atoms with Gasteiger partial charge >= 0.3 is 6.09 Å². The molecular weight excluding hydrogens is 370 g/mol. The van der Waals surface area contributed by atoms with Crippen molar-refractivity contribution in [3.05, 3.63) is 29.3 Å². The third-order valence-corrected chi connectivity index (χ3v) is 5.10. The summed E-state index contributed by atoms with van der Waals surface area (Å²) in [6.45, 7) is 6.99. The van der Waals surface area contributed by atoms with E-state index in [1.165, 1.54) is 0 Å². The van der Waals surface area contributed by atoms with Crippen LogP contribution in [0.15, 0.2) is 18.2 Å². The standard InChI is InChI=1S/C23H31NO5/c1-4-5-6-8-13-26-14-9-7-12-24-16-21(28-22(24)25)18-10-11-20-19(15-18)17-27-23(2,3)29-20/h1,10-11,15,21H,5-9,12-14,16-17H2,2-3H3/t21-/m0/s1. The van der Waals surface area contributed by atoms with Crippen molar-refractivity contribution in [1.29, 1.82) is 0 Å². The van der Waals surface area contributed by atoms with Crippen molar-refractivity contribution in [1.82, 2.24) is 4.90 Å². The fourth-order valence-electron chi connectivity index (χ4n) is 3.46. The van der Waals surface area contributed by atoms with Crippen molar-refractivity contribution in [2.45, 2.75) is 64.4 Å². The summed E-state index contributed by atoms with van der Waals surface area (Å²) in [6.07, 6.45) is 9.35. The molecule has 0 N–H and O–H groups in total. The third-order valence-electron chi connectivity index (χ3n) is 5.10. The molecule has 6 heteroatoms. The maximum atomic E-state index is 12.2. The maximum absolute atomic E-state index is 12.2. The molecule has 2 aliphatic heterocycles. The Morgan fingerprint density at radius 1 is 1.24 bits per heavy atom. The highest BCUT2D eigenvalue weighted by molar-refractivity contribution is 5.70. The van der Waals surface area contributed by atoms with E-state index in [-0.39, 0.29) is 12.2 Å². The van der Waals surface area contributed by atoms with E-state index < -0.39 is 5.79 Å². The summed E-state index contributed by atoms with van der Waals surface area (Å²) in [6, 6.07) is 5.92. The van der Waals surface area contributed by atoms with Crippen LogP contribution in [0, 0.1) is 12.3 Å². The van der Waals surface area contributed by atoms with Crippen LogP contribution in [0.2, 0.25) is 0 Å². The Balaban J connectivity index is 1.40. The molecule has 0 spiro atoms. The topological polar surface area (TPSA) is 57.2 Å². The van der Waals surface area contributed by atoms with Gasteiger partial charge in [-0.25, -0.2) is 4.79 Å². The molecule has 0 aromatic heterocycles. The van der Waals surface area contributed by atoms with Crippen LogP contribution < -0.4 is 4.74 Å². The molecule has 158 valence electrons. The van der Waals surface area contributed by atoms with Crippen LogP contribution in [0.3, 0.4) is 0 Å². The van der Waals surface area contributed by atoms with Gasteiger partial charge in [0, 0.05) is 45.6 Å². The highest BCUT2D eigenvalue weighted by atomic mass is 16.7. The third kappa shape index (κ3) is 6.12. The largest absolute Gasteiger partial charge is 0.463 e. The number of carbonyl (C=O) groups excluding carboxylic acids is 1. The molecule has 1 amide bonds. The lowest BCUT2D eigenvalue weighted by molar-refractivity contribution is -0.180. The second-order valence-corrected chi connectivity index (χ2v) is 7.96. The minimum absolute atomic E-state index is 0.253. The van der Waals surface area contributed by atoms with E-state index in [9.17, 15) is 4.79 Å². The number of hydrogen-bond acceptors (Lipinski definition) is 5. The average Bonchev–Trinajstić information content (AvgIpc) is 3.06. The van der Waals surface area contributed by atoms with Crippen molar-refractivity contribution in [3.8, 4) is 18.1 Å². The molecule has 1 atom stereocenters. The van der Waals surface area contributed by atoms with Crippen LogP contribution in [0.1, 0.15) is 63.2 Å². The Kier molecular flexibility index (Phi) is 7.40. The zero-order valence-corrected chi connectivity index (χ0v) is 17.4. The molecule has 1 saturated heterocycles. The zero-order valence-electron chi connectivity index (χ0n) is 17.4. The minimum atomic E-state index is -0.615. The van der Waals surface area contributed by atoms with Gasteiger partial charge in [-0.2, -0.15) is 0 Å². The fourth-order valence-corrected chi connectivity index (χ4v) is 3.46. The Hall–Kier alpha value is -2.23. The second-order valence-electron chi connectivity index (χ2n) is 7.96. The molecule has 0 unspecified atom stereocenters. The maximum Gasteiger partial charge on any atom is 0.410 e. The van der Waals surface area contributed by atoms with Gasteiger partial charge in [0.1, 0.15) is 11.9 Å². The van der Waals surface area contributed by atoms with Gasteiger partial charge in [-0.1, -0.05) is 6.07 Å². The van der Waals surface area contributed by atoms with Crippen molar-refractivity contribution in [3.63, 3.8) is 0 Å². The van der Waals surface area contributed by atoms with Gasteiger partial charge in [0.2, 0.25) is 5.79 Å². The molecule has 0 radical (unpaired) electrons. The number of rotatable bonds is 10.